The molecule has 0 aliphatic heterocycles. The second kappa shape index (κ2) is 29.9. The molecule has 0 heterocycles. The Balaban J connectivity index is 0. The molecule has 0 rings (SSSR count). The molecule has 0 saturated carbocycles. The first-order chi connectivity index (χ1) is 2.00. The average Bonchev–Trinajstić information content (AvgIpc) is 1.50. The van der Waals surface area contributed by atoms with Crippen molar-refractivity contribution in [1.82, 2.24) is 0 Å². The first-order valence-electron chi connectivity index (χ1n) is 0.577. The summed E-state index contributed by atoms with van der Waals surface area (Å²) < 4.78 is 0. The van der Waals surface area contributed by atoms with Crippen LogP contribution in [0.1, 0.15) is 0 Å². The normalized spacial score (nSPS) is 2.00. The van der Waals surface area contributed by atoms with E-state index in [-0.39, 0.29) is 0 Å². The number of hydrogen-bond acceptors (Lipinski definition) is 2. The van der Waals surface area contributed by atoms with E-state index in [9.17, 15) is 0 Å². The van der Waals surface area contributed by atoms with E-state index in [2.05, 4.69) is 22.1 Å². The van der Waals surface area contributed by atoms with Crippen molar-refractivity contribution in [1.29, 1.82) is 0 Å². The van der Waals surface area contributed by atoms with Gasteiger partial charge in [-0.05, 0) is 0 Å². The fourth-order valence-corrected chi connectivity index (χ4v) is 0. The monoisotopic (exact) mass is 170 g/mol. The van der Waals surface area contributed by atoms with E-state index in [0.29, 0.717) is 0 Å². The molecule has 0 aromatic rings. The molecule has 0 fully saturated rings. The van der Waals surface area contributed by atoms with E-state index in [4.69, 9.17) is 0 Å². The second-order valence-corrected chi connectivity index (χ2v) is 0. The quantitative estimate of drug-likeness (QED) is 0.446. The minimum absolute atomic E-state index is 0.958. The van der Waals surface area contributed by atoms with Crippen LogP contribution in [0, 0.1) is 0 Å². The fraction of sp³-hybridized carbons (Fsp3) is 0. The van der Waals surface area contributed by atoms with Crippen molar-refractivity contribution in [2.24, 2.45) is 0 Å². The van der Waals surface area contributed by atoms with Gasteiger partial charge in [0.2, 0.25) is 0 Å². The van der Waals surface area contributed by atoms with Crippen LogP contribution in [0.2, 0.25) is 0 Å². The van der Waals surface area contributed by atoms with Gasteiger partial charge in [-0.25, -0.2) is 0 Å². The van der Waals surface area contributed by atoms with Crippen molar-refractivity contribution in [3.05, 3.63) is 0 Å². The molecular formula is H4GeS2Si. The van der Waals surface area contributed by atoms with Crippen LogP contribution in [-0.2, 0) is 0 Å². The molecule has 0 atom stereocenters. The van der Waals surface area contributed by atoms with Gasteiger partial charge in [-0.15, -0.1) is 11.6 Å². The van der Waals surface area contributed by atoms with Crippen LogP contribution >= 0.6 is 22.1 Å². The standard InChI is InChI=1S/GeH2S.H2SSi/c2*1-2/h1H2;2H2. The zero-order valence-corrected chi connectivity index (χ0v) is 8.25. The van der Waals surface area contributed by atoms with E-state index in [0.717, 1.165) is 14.9 Å². The largest absolute Gasteiger partial charge is 0.147 e. The molecular weight excluding hydrogens is 165 g/mol. The molecule has 0 aromatic heterocycles. The molecule has 0 nitrogen and oxygen atoms in total. The summed E-state index contributed by atoms with van der Waals surface area (Å²) in [6.07, 6.45) is 0. The van der Waals surface area contributed by atoms with Crippen LogP contribution in [0.25, 0.3) is 0 Å². The third-order valence-corrected chi connectivity index (χ3v) is 0. The van der Waals surface area contributed by atoms with Gasteiger partial charge in [-0.3, -0.25) is 0 Å². The predicted molar refractivity (Wildman–Crippen MR) is 32.3 cm³/mol. The van der Waals surface area contributed by atoms with Gasteiger partial charge in [0, 0.05) is 0 Å². The summed E-state index contributed by atoms with van der Waals surface area (Å²) >= 11 is 5.07. The van der Waals surface area contributed by atoms with Crippen molar-refractivity contribution in [3.8, 4) is 0 Å². The van der Waals surface area contributed by atoms with Crippen LogP contribution in [0.4, 0.5) is 0 Å². The Morgan fingerprint density at radius 1 is 1.25 bits per heavy atom. The molecule has 0 spiro atoms. The van der Waals surface area contributed by atoms with E-state index in [1.54, 1.807) is 0 Å². The summed E-state index contributed by atoms with van der Waals surface area (Å²) in [5, 5.41) is 0. The first kappa shape index (κ1) is 8.96. The molecule has 24 valence electrons. The maximum Gasteiger partial charge on any atom is 0.0612 e. The summed E-state index contributed by atoms with van der Waals surface area (Å²) in [5.74, 6) is 0. The average molecular weight is 169 g/mol. The molecule has 0 bridgehead atoms. The molecule has 4 heavy (non-hydrogen) atoms. The van der Waals surface area contributed by atoms with Gasteiger partial charge in [0.1, 0.15) is 0 Å². The van der Waals surface area contributed by atoms with Gasteiger partial charge in [0.15, 0.2) is 0 Å². The second-order valence-electron chi connectivity index (χ2n) is 0. The van der Waals surface area contributed by atoms with Crippen molar-refractivity contribution >= 4 is 45.9 Å². The smallest absolute Gasteiger partial charge is 0.0612 e. The molecule has 0 aliphatic rings. The van der Waals surface area contributed by atoms with Crippen LogP contribution in [0.15, 0.2) is 0 Å². The zero-order valence-electron chi connectivity index (χ0n) is 2.23. The SMILES string of the molecule is [S]=[GeH2].[SiH2]=S. The molecule has 0 radical (unpaired) electrons. The summed E-state index contributed by atoms with van der Waals surface area (Å²) in [4.78, 5) is 0. The van der Waals surface area contributed by atoms with Gasteiger partial charge in [-0.1, -0.05) is 0 Å². The van der Waals surface area contributed by atoms with Crippen LogP contribution in [0.5, 0.6) is 0 Å². The van der Waals surface area contributed by atoms with E-state index in [1.165, 1.54) is 8.95 Å². The van der Waals surface area contributed by atoms with Gasteiger partial charge >= 0.3 is 25.3 Å². The molecule has 0 amide bonds. The van der Waals surface area contributed by atoms with E-state index < -0.39 is 0 Å². The van der Waals surface area contributed by atoms with E-state index >= 15 is 0 Å². The Morgan fingerprint density at radius 3 is 1.25 bits per heavy atom. The van der Waals surface area contributed by atoms with Crippen LogP contribution < -0.4 is 0 Å². The maximum absolute atomic E-state index is 4.21. The summed E-state index contributed by atoms with van der Waals surface area (Å²) in [6.45, 7) is 0. The van der Waals surface area contributed by atoms with Crippen molar-refractivity contribution in [2.75, 3.05) is 0 Å². The molecule has 0 unspecified atom stereocenters. The van der Waals surface area contributed by atoms with E-state index in [1.807, 2.05) is 0 Å². The Labute approximate surface area is 46.0 Å². The van der Waals surface area contributed by atoms with Crippen LogP contribution in [0.3, 0.4) is 0 Å². The maximum atomic E-state index is 4.21. The molecule has 0 aromatic carbocycles. The first-order valence-corrected chi connectivity index (χ1v) is 7.10. The van der Waals surface area contributed by atoms with Crippen molar-refractivity contribution in [2.45, 2.75) is 0 Å². The molecule has 0 saturated heterocycles. The minimum atomic E-state index is 0.958. The number of rotatable bonds is 0. The molecule has 4 heteroatoms. The Kier molecular flexibility index (Phi) is 66.9. The van der Waals surface area contributed by atoms with Gasteiger partial charge in [-0.2, -0.15) is 0 Å². The Hall–Kier alpha value is 1.20. The van der Waals surface area contributed by atoms with Gasteiger partial charge in [0.25, 0.3) is 0 Å². The number of hydrogen-bond donors (Lipinski definition) is 0. The zero-order chi connectivity index (χ0) is 4.00. The Bertz CT molecular complexity index is 8.00. The fourth-order valence-electron chi connectivity index (χ4n) is 0. The van der Waals surface area contributed by atoms with Crippen molar-refractivity contribution in [3.63, 3.8) is 0 Å². The predicted octanol–water partition coefficient (Wildman–Crippen LogP) is -0.536. The topological polar surface area (TPSA) is 0 Å². The minimum Gasteiger partial charge on any atom is -0.147 e. The summed E-state index contributed by atoms with van der Waals surface area (Å²) in [6, 6.07) is 0. The summed E-state index contributed by atoms with van der Waals surface area (Å²) in [7, 11) is 5.65. The van der Waals surface area contributed by atoms with Crippen molar-refractivity contribution < 1.29 is 0 Å². The summed E-state index contributed by atoms with van der Waals surface area (Å²) in [5.41, 5.74) is 0. The Morgan fingerprint density at radius 2 is 1.25 bits per heavy atom. The molecule has 0 aliphatic carbocycles. The third-order valence-electron chi connectivity index (χ3n) is 0. The van der Waals surface area contributed by atoms with Gasteiger partial charge < -0.3 is 0 Å². The molecule has 0 N–H and O–H groups in total. The van der Waals surface area contributed by atoms with Crippen LogP contribution in [-0.4, -0.2) is 23.8 Å². The third kappa shape index (κ3) is 10.8. The van der Waals surface area contributed by atoms with Gasteiger partial charge in [0.05, 0.1) is 8.95 Å².